The van der Waals surface area contributed by atoms with Crippen LogP contribution in [0.15, 0.2) is 0 Å². The molecule has 54 valence electrons. The molecule has 0 bridgehead atoms. The smallest absolute Gasteiger partial charge is 0 e. The van der Waals surface area contributed by atoms with E-state index >= 15 is 0 Å². The van der Waals surface area contributed by atoms with Crippen LogP contribution >= 0.6 is 0 Å². The molecule has 7 heavy (non-hydrogen) atoms. The van der Waals surface area contributed by atoms with Crippen molar-refractivity contribution in [2.45, 2.75) is 0 Å². The normalized spacial score (nSPS) is 0. The molecule has 7 heteroatoms. The van der Waals surface area contributed by atoms with E-state index in [4.69, 9.17) is 0 Å². The van der Waals surface area contributed by atoms with Crippen molar-refractivity contribution in [3.8, 4) is 0 Å². The molecule has 0 heterocycles. The minimum Gasteiger partial charge on any atom is -0.344 e. The second-order valence-electron chi connectivity index (χ2n) is 0. The van der Waals surface area contributed by atoms with Crippen LogP contribution in [0, 0.1) is 0 Å². The van der Waals surface area contributed by atoms with Crippen molar-refractivity contribution < 1.29 is 21.1 Å². The van der Waals surface area contributed by atoms with E-state index in [0.717, 1.165) is 0 Å². The first-order valence-electron chi connectivity index (χ1n) is 0. The SMILES string of the molecule is N.N.N.N.N.N.[Mo]. The first-order chi connectivity index (χ1) is 0. The maximum atomic E-state index is 0. The van der Waals surface area contributed by atoms with Gasteiger partial charge in [0.15, 0.2) is 0 Å². The molecule has 0 atom stereocenters. The molecule has 0 unspecified atom stereocenters. The molecule has 0 saturated heterocycles. The summed E-state index contributed by atoms with van der Waals surface area (Å²) in [6, 6.07) is 0. The van der Waals surface area contributed by atoms with Gasteiger partial charge in [0, 0.05) is 21.1 Å². The molecule has 0 aliphatic carbocycles. The molecule has 0 aromatic heterocycles. The monoisotopic (exact) mass is 200 g/mol. The van der Waals surface area contributed by atoms with Gasteiger partial charge in [0.05, 0.1) is 0 Å². The zero-order valence-corrected chi connectivity index (χ0v) is 6.66. The first-order valence-corrected chi connectivity index (χ1v) is 0. The van der Waals surface area contributed by atoms with E-state index in [1.165, 1.54) is 0 Å². The van der Waals surface area contributed by atoms with Crippen molar-refractivity contribution in [3.05, 3.63) is 0 Å². The quantitative estimate of drug-likeness (QED) is 0.311. The van der Waals surface area contributed by atoms with Gasteiger partial charge in [-0.15, -0.1) is 0 Å². The van der Waals surface area contributed by atoms with E-state index in [2.05, 4.69) is 0 Å². The summed E-state index contributed by atoms with van der Waals surface area (Å²) in [5.74, 6) is 0. The molecular weight excluding hydrogens is 180 g/mol. The Morgan fingerprint density at radius 2 is 0.286 bits per heavy atom. The van der Waals surface area contributed by atoms with Crippen LogP contribution in [-0.2, 0) is 21.1 Å². The van der Waals surface area contributed by atoms with Crippen molar-refractivity contribution in [1.82, 2.24) is 36.9 Å². The summed E-state index contributed by atoms with van der Waals surface area (Å²) in [6.07, 6.45) is 0. The molecule has 0 saturated carbocycles. The summed E-state index contributed by atoms with van der Waals surface area (Å²) >= 11 is 0. The van der Waals surface area contributed by atoms with Gasteiger partial charge in [-0.25, -0.2) is 0 Å². The topological polar surface area (TPSA) is 210 Å². The maximum Gasteiger partial charge on any atom is 0 e. The third-order valence-electron chi connectivity index (χ3n) is 0. The average molecular weight is 198 g/mol. The Kier molecular flexibility index (Phi) is 210000. The van der Waals surface area contributed by atoms with E-state index in [0.29, 0.717) is 0 Å². The third-order valence-corrected chi connectivity index (χ3v) is 0. The summed E-state index contributed by atoms with van der Waals surface area (Å²) in [5.41, 5.74) is 0. The standard InChI is InChI=1S/Mo.6H3N/h;6*1H3. The van der Waals surface area contributed by atoms with Crippen LogP contribution in [0.5, 0.6) is 0 Å². The van der Waals surface area contributed by atoms with Crippen molar-refractivity contribution in [1.29, 1.82) is 0 Å². The molecule has 0 aliphatic rings. The van der Waals surface area contributed by atoms with Crippen LogP contribution in [0.25, 0.3) is 0 Å². The molecule has 0 spiro atoms. The van der Waals surface area contributed by atoms with Crippen molar-refractivity contribution in [3.63, 3.8) is 0 Å². The Morgan fingerprint density at radius 3 is 0.286 bits per heavy atom. The average Bonchev–Trinajstić information content (AvgIpc) is 0. The Labute approximate surface area is 58.6 Å². The van der Waals surface area contributed by atoms with E-state index < -0.39 is 0 Å². The molecule has 0 fully saturated rings. The number of hydrogen-bond acceptors (Lipinski definition) is 6. The Morgan fingerprint density at radius 1 is 0.286 bits per heavy atom. The molecule has 0 aliphatic heterocycles. The van der Waals surface area contributed by atoms with Gasteiger partial charge in [0.25, 0.3) is 0 Å². The fourth-order valence-corrected chi connectivity index (χ4v) is 0. The Balaban J connectivity index is 0. The molecule has 0 aromatic carbocycles. The second kappa shape index (κ2) is 952. The second-order valence-corrected chi connectivity index (χ2v) is 0. The van der Waals surface area contributed by atoms with Gasteiger partial charge in [-0.3, -0.25) is 0 Å². The van der Waals surface area contributed by atoms with Gasteiger partial charge < -0.3 is 36.9 Å². The van der Waals surface area contributed by atoms with Crippen LogP contribution in [0.4, 0.5) is 0 Å². The van der Waals surface area contributed by atoms with Gasteiger partial charge in [0.2, 0.25) is 0 Å². The van der Waals surface area contributed by atoms with Crippen LogP contribution in [-0.4, -0.2) is 0 Å². The van der Waals surface area contributed by atoms with Crippen molar-refractivity contribution in [2.24, 2.45) is 0 Å². The molecule has 0 aromatic rings. The summed E-state index contributed by atoms with van der Waals surface area (Å²) in [4.78, 5) is 0. The van der Waals surface area contributed by atoms with E-state index in [1.807, 2.05) is 0 Å². The van der Waals surface area contributed by atoms with Crippen LogP contribution < -0.4 is 36.9 Å². The zero-order valence-electron chi connectivity index (χ0n) is 4.65. The fourth-order valence-electron chi connectivity index (χ4n) is 0. The Bertz CT molecular complexity index is 4.14. The Hall–Kier alpha value is 0.448. The van der Waals surface area contributed by atoms with Crippen LogP contribution in [0.2, 0.25) is 0 Å². The number of hydrogen-bond donors (Lipinski definition) is 6. The maximum absolute atomic E-state index is 0. The third kappa shape index (κ3) is 635. The van der Waals surface area contributed by atoms with Gasteiger partial charge in [-0.1, -0.05) is 0 Å². The predicted molar refractivity (Wildman–Crippen MR) is 30.1 cm³/mol. The van der Waals surface area contributed by atoms with Crippen molar-refractivity contribution in [2.75, 3.05) is 0 Å². The largest absolute Gasteiger partial charge is 0.344 e. The molecular formula is H18MoN6. The summed E-state index contributed by atoms with van der Waals surface area (Å²) in [7, 11) is 0. The minimum atomic E-state index is 0. The molecule has 0 amide bonds. The van der Waals surface area contributed by atoms with E-state index in [1.54, 1.807) is 0 Å². The van der Waals surface area contributed by atoms with E-state index in [9.17, 15) is 0 Å². The molecule has 6 nitrogen and oxygen atoms in total. The fraction of sp³-hybridized carbons (Fsp3) is 0. The first kappa shape index (κ1) is 1540. The number of rotatable bonds is 0. The predicted octanol–water partition coefficient (Wildman–Crippen LogP) is 0.969. The minimum absolute atomic E-state index is 0. The van der Waals surface area contributed by atoms with Gasteiger partial charge in [-0.05, 0) is 0 Å². The van der Waals surface area contributed by atoms with Crippen LogP contribution in [0.1, 0.15) is 0 Å². The van der Waals surface area contributed by atoms with Crippen molar-refractivity contribution >= 4 is 0 Å². The molecule has 18 N–H and O–H groups in total. The van der Waals surface area contributed by atoms with Gasteiger partial charge >= 0.3 is 0 Å². The molecule has 0 radical (unpaired) electrons. The van der Waals surface area contributed by atoms with Gasteiger partial charge in [0.1, 0.15) is 0 Å². The summed E-state index contributed by atoms with van der Waals surface area (Å²) in [6.45, 7) is 0. The summed E-state index contributed by atoms with van der Waals surface area (Å²) < 4.78 is 0. The van der Waals surface area contributed by atoms with Gasteiger partial charge in [-0.2, -0.15) is 0 Å². The molecule has 0 rings (SSSR count). The van der Waals surface area contributed by atoms with Crippen LogP contribution in [0.3, 0.4) is 0 Å². The summed E-state index contributed by atoms with van der Waals surface area (Å²) in [5, 5.41) is 0. The zero-order chi connectivity index (χ0) is 0. The van der Waals surface area contributed by atoms with E-state index in [-0.39, 0.29) is 58.0 Å².